The molecule has 7 heteroatoms. The molecule has 0 radical (unpaired) electrons. The average Bonchev–Trinajstić information content (AvgIpc) is 2.83. The zero-order valence-electron chi connectivity index (χ0n) is 17.9. The molecule has 0 bridgehead atoms. The molecule has 1 aromatic carbocycles. The molecule has 0 N–H and O–H groups in total. The van der Waals surface area contributed by atoms with E-state index in [0.29, 0.717) is 17.4 Å². The molecule has 1 atom stereocenters. The highest BCUT2D eigenvalue weighted by Crippen LogP contribution is 2.16. The van der Waals surface area contributed by atoms with Crippen LogP contribution in [0.3, 0.4) is 0 Å². The summed E-state index contributed by atoms with van der Waals surface area (Å²) in [4.78, 5) is 16.7. The van der Waals surface area contributed by atoms with Crippen LogP contribution in [0.2, 0.25) is 5.02 Å². The van der Waals surface area contributed by atoms with Gasteiger partial charge >= 0.3 is 0 Å². The number of pyridine rings is 2. The lowest BCUT2D eigenvalue weighted by atomic mass is 10.1. The lowest BCUT2D eigenvalue weighted by Gasteiger charge is -2.22. The van der Waals surface area contributed by atoms with E-state index in [9.17, 15) is 4.79 Å². The number of aryl methyl sites for hydroxylation is 1. The molecule has 4 rings (SSSR count). The minimum Gasteiger partial charge on any atom is -0.487 e. The fourth-order valence-corrected chi connectivity index (χ4v) is 3.68. The maximum Gasteiger partial charge on any atom is 0.258 e. The maximum absolute atomic E-state index is 12.6. The van der Waals surface area contributed by atoms with Crippen LogP contribution in [0.5, 0.6) is 5.75 Å². The molecule has 168 valence electrons. The van der Waals surface area contributed by atoms with Crippen molar-refractivity contribution in [1.29, 1.82) is 0 Å². The van der Waals surface area contributed by atoms with Gasteiger partial charge in [0.15, 0.2) is 6.29 Å². The van der Waals surface area contributed by atoms with Gasteiger partial charge in [-0.1, -0.05) is 23.7 Å². The van der Waals surface area contributed by atoms with Gasteiger partial charge in [-0.25, -0.2) is 0 Å². The molecular formula is C25H27ClN2O4. The van der Waals surface area contributed by atoms with Gasteiger partial charge in [-0.05, 0) is 68.0 Å². The summed E-state index contributed by atoms with van der Waals surface area (Å²) in [5, 5.41) is 0.574. The molecule has 3 heterocycles. The van der Waals surface area contributed by atoms with E-state index in [1.165, 1.54) is 18.1 Å². The first-order chi connectivity index (χ1) is 15.7. The second kappa shape index (κ2) is 11.3. The van der Waals surface area contributed by atoms with Crippen molar-refractivity contribution >= 4 is 11.6 Å². The standard InChI is InChI=1S/C25H27ClN2O4/c26-20-8-9-21(27-17-20)18-32-23-12-13-28(24(29)16-23)22-10-6-19(7-11-22)4-3-15-31-25-5-1-2-14-30-25/h6-13,16-17,25H,1-5,14-15,18H2. The number of benzene rings is 1. The zero-order chi connectivity index (χ0) is 22.2. The number of halogens is 1. The van der Waals surface area contributed by atoms with Gasteiger partial charge in [0.2, 0.25) is 0 Å². The van der Waals surface area contributed by atoms with Gasteiger partial charge in [0.25, 0.3) is 5.56 Å². The van der Waals surface area contributed by atoms with Crippen molar-refractivity contribution in [1.82, 2.24) is 9.55 Å². The largest absolute Gasteiger partial charge is 0.487 e. The third kappa shape index (κ3) is 6.42. The van der Waals surface area contributed by atoms with E-state index in [1.807, 2.05) is 12.1 Å². The molecular weight excluding hydrogens is 428 g/mol. The van der Waals surface area contributed by atoms with Gasteiger partial charge in [-0.2, -0.15) is 0 Å². The summed E-state index contributed by atoms with van der Waals surface area (Å²) in [6.45, 7) is 1.77. The first-order valence-electron chi connectivity index (χ1n) is 11.0. The number of hydrogen-bond donors (Lipinski definition) is 0. The Labute approximate surface area is 192 Å². The quantitative estimate of drug-likeness (QED) is 0.428. The predicted molar refractivity (Wildman–Crippen MR) is 123 cm³/mol. The number of nitrogens with zero attached hydrogens (tertiary/aromatic N) is 2. The summed E-state index contributed by atoms with van der Waals surface area (Å²) < 4.78 is 18.7. The smallest absolute Gasteiger partial charge is 0.258 e. The topological polar surface area (TPSA) is 62.6 Å². The average molecular weight is 455 g/mol. The lowest BCUT2D eigenvalue weighted by Crippen LogP contribution is -2.22. The minimum absolute atomic E-state index is 0.0348. The van der Waals surface area contributed by atoms with Crippen LogP contribution in [0, 0.1) is 0 Å². The molecule has 0 amide bonds. The van der Waals surface area contributed by atoms with Crippen molar-refractivity contribution in [3.63, 3.8) is 0 Å². The second-order valence-electron chi connectivity index (χ2n) is 7.76. The van der Waals surface area contributed by atoms with Crippen LogP contribution in [-0.4, -0.2) is 29.1 Å². The normalized spacial score (nSPS) is 16.1. The molecule has 6 nitrogen and oxygen atoms in total. The number of rotatable bonds is 9. The van der Waals surface area contributed by atoms with Crippen LogP contribution in [0.15, 0.2) is 65.7 Å². The second-order valence-corrected chi connectivity index (χ2v) is 8.20. The van der Waals surface area contributed by atoms with Gasteiger partial charge in [0.1, 0.15) is 12.4 Å². The third-order valence-corrected chi connectivity index (χ3v) is 5.56. The fourth-order valence-electron chi connectivity index (χ4n) is 3.57. The fraction of sp³-hybridized carbons (Fsp3) is 0.360. The summed E-state index contributed by atoms with van der Waals surface area (Å²) in [7, 11) is 0. The molecule has 1 unspecified atom stereocenters. The van der Waals surface area contributed by atoms with E-state index in [-0.39, 0.29) is 18.5 Å². The van der Waals surface area contributed by atoms with Crippen molar-refractivity contribution in [2.24, 2.45) is 0 Å². The molecule has 1 aliphatic rings. The maximum atomic E-state index is 12.6. The van der Waals surface area contributed by atoms with E-state index in [1.54, 1.807) is 35.2 Å². The highest BCUT2D eigenvalue weighted by Gasteiger charge is 2.13. The van der Waals surface area contributed by atoms with Gasteiger partial charge in [0, 0.05) is 30.8 Å². The van der Waals surface area contributed by atoms with Crippen LogP contribution in [0.1, 0.15) is 36.9 Å². The Bertz CT molecular complexity index is 1040. The Morgan fingerprint density at radius 2 is 2.00 bits per heavy atom. The Balaban J connectivity index is 1.28. The first-order valence-corrected chi connectivity index (χ1v) is 11.3. The first kappa shape index (κ1) is 22.5. The molecule has 1 saturated heterocycles. The highest BCUT2D eigenvalue weighted by molar-refractivity contribution is 6.30. The summed E-state index contributed by atoms with van der Waals surface area (Å²) in [5.41, 5.74) is 2.62. The van der Waals surface area contributed by atoms with Gasteiger partial charge in [0.05, 0.1) is 17.3 Å². The van der Waals surface area contributed by atoms with Crippen LogP contribution < -0.4 is 10.3 Å². The summed E-state index contributed by atoms with van der Waals surface area (Å²) in [5.74, 6) is 0.501. The van der Waals surface area contributed by atoms with Crippen molar-refractivity contribution in [2.45, 2.75) is 45.0 Å². The lowest BCUT2D eigenvalue weighted by molar-refractivity contribution is -0.162. The third-order valence-electron chi connectivity index (χ3n) is 5.33. The Morgan fingerprint density at radius 1 is 1.12 bits per heavy atom. The Hall–Kier alpha value is -2.67. The SMILES string of the molecule is O=c1cc(OCc2ccc(Cl)cn2)ccn1-c1ccc(CCCOC2CCCCO2)cc1. The van der Waals surface area contributed by atoms with Crippen molar-refractivity contribution in [3.8, 4) is 11.4 Å². The van der Waals surface area contributed by atoms with Gasteiger partial charge in [-0.3, -0.25) is 14.3 Å². The molecule has 0 aliphatic carbocycles. The molecule has 1 aliphatic heterocycles. The molecule has 1 fully saturated rings. The van der Waals surface area contributed by atoms with E-state index in [4.69, 9.17) is 25.8 Å². The van der Waals surface area contributed by atoms with Crippen LogP contribution >= 0.6 is 11.6 Å². The van der Waals surface area contributed by atoms with Crippen molar-refractivity contribution < 1.29 is 14.2 Å². The monoisotopic (exact) mass is 454 g/mol. The highest BCUT2D eigenvalue weighted by atomic mass is 35.5. The van der Waals surface area contributed by atoms with Crippen LogP contribution in [0.4, 0.5) is 0 Å². The molecule has 0 spiro atoms. The van der Waals surface area contributed by atoms with E-state index >= 15 is 0 Å². The molecule has 0 saturated carbocycles. The Morgan fingerprint density at radius 3 is 2.72 bits per heavy atom. The van der Waals surface area contributed by atoms with E-state index in [0.717, 1.165) is 43.7 Å². The Kier molecular flexibility index (Phi) is 7.93. The number of aromatic nitrogens is 2. The number of ether oxygens (including phenoxy) is 3. The summed E-state index contributed by atoms with van der Waals surface area (Å²) in [6.07, 6.45) is 8.42. The minimum atomic E-state index is -0.153. The van der Waals surface area contributed by atoms with E-state index < -0.39 is 0 Å². The van der Waals surface area contributed by atoms with E-state index in [2.05, 4.69) is 17.1 Å². The zero-order valence-corrected chi connectivity index (χ0v) is 18.7. The molecule has 3 aromatic rings. The van der Waals surface area contributed by atoms with Crippen LogP contribution in [-0.2, 0) is 22.5 Å². The molecule has 2 aromatic heterocycles. The van der Waals surface area contributed by atoms with Gasteiger partial charge < -0.3 is 14.2 Å². The number of hydrogen-bond acceptors (Lipinski definition) is 5. The van der Waals surface area contributed by atoms with Crippen molar-refractivity contribution in [2.75, 3.05) is 13.2 Å². The summed E-state index contributed by atoms with van der Waals surface area (Å²) >= 11 is 5.84. The predicted octanol–water partition coefficient (Wildman–Crippen LogP) is 4.94. The van der Waals surface area contributed by atoms with Gasteiger partial charge in [-0.15, -0.1) is 0 Å². The molecule has 32 heavy (non-hydrogen) atoms. The van der Waals surface area contributed by atoms with Crippen molar-refractivity contribution in [3.05, 3.63) is 87.6 Å². The summed E-state index contributed by atoms with van der Waals surface area (Å²) in [6, 6.07) is 14.8. The van der Waals surface area contributed by atoms with Crippen LogP contribution in [0.25, 0.3) is 5.69 Å².